The van der Waals surface area contributed by atoms with Crippen molar-refractivity contribution in [2.45, 2.75) is 19.4 Å². The standard InChI is InChI=1S/C13H13NO3/c1-2-11(9-14)17-12-6-3-10(4-7-12)5-8-13(15)16/h3-8,11H,2H2,1H3,(H,15,16)/b8-5+. The maximum atomic E-state index is 10.3. The number of hydrogen-bond acceptors (Lipinski definition) is 3. The van der Waals surface area contributed by atoms with Crippen LogP contribution in [0.5, 0.6) is 5.75 Å². The zero-order valence-electron chi connectivity index (χ0n) is 9.46. The normalized spacial score (nSPS) is 12.0. The van der Waals surface area contributed by atoms with Crippen molar-refractivity contribution in [2.75, 3.05) is 0 Å². The van der Waals surface area contributed by atoms with Crippen molar-refractivity contribution in [3.63, 3.8) is 0 Å². The lowest BCUT2D eigenvalue weighted by Gasteiger charge is -2.09. The van der Waals surface area contributed by atoms with E-state index < -0.39 is 12.1 Å². The lowest BCUT2D eigenvalue weighted by atomic mass is 10.2. The molecule has 17 heavy (non-hydrogen) atoms. The Bertz CT molecular complexity index is 443. The van der Waals surface area contributed by atoms with Crippen LogP contribution in [-0.2, 0) is 4.79 Å². The molecule has 1 aromatic carbocycles. The first-order valence-corrected chi connectivity index (χ1v) is 5.23. The largest absolute Gasteiger partial charge is 0.478 e. The van der Waals surface area contributed by atoms with Crippen LogP contribution in [-0.4, -0.2) is 17.2 Å². The molecule has 0 heterocycles. The first-order chi connectivity index (χ1) is 8.15. The first kappa shape index (κ1) is 12.8. The van der Waals surface area contributed by atoms with Gasteiger partial charge in [-0.3, -0.25) is 0 Å². The van der Waals surface area contributed by atoms with Gasteiger partial charge in [0.1, 0.15) is 11.8 Å². The zero-order chi connectivity index (χ0) is 12.7. The molecule has 0 amide bonds. The van der Waals surface area contributed by atoms with Gasteiger partial charge in [0, 0.05) is 6.08 Å². The molecule has 1 aromatic rings. The van der Waals surface area contributed by atoms with E-state index in [0.29, 0.717) is 12.2 Å². The molecule has 0 aromatic heterocycles. The maximum Gasteiger partial charge on any atom is 0.328 e. The Kier molecular flexibility index (Phi) is 4.77. The number of nitriles is 1. The summed E-state index contributed by atoms with van der Waals surface area (Å²) in [4.78, 5) is 10.3. The van der Waals surface area contributed by atoms with Crippen LogP contribution in [0.4, 0.5) is 0 Å². The topological polar surface area (TPSA) is 70.3 Å². The van der Waals surface area contributed by atoms with Crippen molar-refractivity contribution >= 4 is 12.0 Å². The molecule has 0 bridgehead atoms. The average Bonchev–Trinajstić information content (AvgIpc) is 2.34. The quantitative estimate of drug-likeness (QED) is 0.790. The molecule has 0 aliphatic rings. The summed E-state index contributed by atoms with van der Waals surface area (Å²) in [7, 11) is 0. The number of benzene rings is 1. The van der Waals surface area contributed by atoms with E-state index in [1.165, 1.54) is 6.08 Å². The highest BCUT2D eigenvalue weighted by Crippen LogP contribution is 2.15. The second-order valence-electron chi connectivity index (χ2n) is 3.38. The minimum atomic E-state index is -0.985. The summed E-state index contributed by atoms with van der Waals surface area (Å²) >= 11 is 0. The lowest BCUT2D eigenvalue weighted by molar-refractivity contribution is -0.131. The van der Waals surface area contributed by atoms with Gasteiger partial charge in [-0.2, -0.15) is 5.26 Å². The smallest absolute Gasteiger partial charge is 0.328 e. The van der Waals surface area contributed by atoms with Crippen LogP contribution < -0.4 is 4.74 Å². The molecule has 1 N–H and O–H groups in total. The molecule has 0 spiro atoms. The fourth-order valence-corrected chi connectivity index (χ4v) is 1.19. The zero-order valence-corrected chi connectivity index (χ0v) is 9.46. The number of rotatable bonds is 5. The van der Waals surface area contributed by atoms with Crippen molar-refractivity contribution in [1.82, 2.24) is 0 Å². The van der Waals surface area contributed by atoms with Crippen LogP contribution in [0.1, 0.15) is 18.9 Å². The van der Waals surface area contributed by atoms with Crippen molar-refractivity contribution < 1.29 is 14.6 Å². The molecule has 4 heteroatoms. The Morgan fingerprint density at radius 3 is 2.65 bits per heavy atom. The van der Waals surface area contributed by atoms with Gasteiger partial charge in [-0.05, 0) is 30.2 Å². The molecule has 0 aliphatic heterocycles. The molecule has 88 valence electrons. The Morgan fingerprint density at radius 2 is 2.18 bits per heavy atom. The maximum absolute atomic E-state index is 10.3. The molecular weight excluding hydrogens is 218 g/mol. The predicted molar refractivity (Wildman–Crippen MR) is 63.4 cm³/mol. The van der Waals surface area contributed by atoms with Crippen molar-refractivity contribution in [2.24, 2.45) is 0 Å². The lowest BCUT2D eigenvalue weighted by Crippen LogP contribution is -2.11. The highest BCUT2D eigenvalue weighted by Gasteiger charge is 2.05. The molecular formula is C13H13NO3. The highest BCUT2D eigenvalue weighted by atomic mass is 16.5. The number of aliphatic carboxylic acids is 1. The predicted octanol–water partition coefficient (Wildman–Crippen LogP) is 2.47. The fraction of sp³-hybridized carbons (Fsp3) is 0.231. The molecule has 0 radical (unpaired) electrons. The van der Waals surface area contributed by atoms with E-state index in [1.807, 2.05) is 13.0 Å². The third-order valence-corrected chi connectivity index (χ3v) is 2.09. The van der Waals surface area contributed by atoms with Crippen LogP contribution >= 0.6 is 0 Å². The van der Waals surface area contributed by atoms with Crippen LogP contribution in [0, 0.1) is 11.3 Å². The minimum absolute atomic E-state index is 0.449. The average molecular weight is 231 g/mol. The summed E-state index contributed by atoms with van der Waals surface area (Å²) in [6, 6.07) is 8.93. The summed E-state index contributed by atoms with van der Waals surface area (Å²) in [5.41, 5.74) is 0.768. The molecule has 0 fully saturated rings. The van der Waals surface area contributed by atoms with Crippen molar-refractivity contribution in [3.05, 3.63) is 35.9 Å². The SMILES string of the molecule is CCC(C#N)Oc1ccc(/C=C/C(=O)O)cc1. The summed E-state index contributed by atoms with van der Waals surface area (Å²) in [5, 5.41) is 17.2. The van der Waals surface area contributed by atoms with Crippen molar-refractivity contribution in [3.8, 4) is 11.8 Å². The molecule has 1 atom stereocenters. The van der Waals surface area contributed by atoms with Gasteiger partial charge in [0.15, 0.2) is 6.10 Å². The van der Waals surface area contributed by atoms with E-state index >= 15 is 0 Å². The number of hydrogen-bond donors (Lipinski definition) is 1. The van der Waals surface area contributed by atoms with Crippen LogP contribution in [0.15, 0.2) is 30.3 Å². The third-order valence-electron chi connectivity index (χ3n) is 2.09. The first-order valence-electron chi connectivity index (χ1n) is 5.23. The van der Waals surface area contributed by atoms with Gasteiger partial charge < -0.3 is 9.84 Å². The van der Waals surface area contributed by atoms with Crippen molar-refractivity contribution in [1.29, 1.82) is 5.26 Å². The van der Waals surface area contributed by atoms with Gasteiger partial charge in [-0.25, -0.2) is 4.79 Å². The van der Waals surface area contributed by atoms with E-state index in [-0.39, 0.29) is 0 Å². The van der Waals surface area contributed by atoms with E-state index in [1.54, 1.807) is 24.3 Å². The Hall–Kier alpha value is -2.28. The summed E-state index contributed by atoms with van der Waals surface area (Å²) < 4.78 is 5.39. The molecule has 0 saturated carbocycles. The van der Waals surface area contributed by atoms with Gasteiger partial charge in [0.25, 0.3) is 0 Å². The minimum Gasteiger partial charge on any atom is -0.478 e. The van der Waals surface area contributed by atoms with Gasteiger partial charge >= 0.3 is 5.97 Å². The number of carboxylic acids is 1. The van der Waals surface area contributed by atoms with E-state index in [2.05, 4.69) is 0 Å². The number of ether oxygens (including phenoxy) is 1. The van der Waals surface area contributed by atoms with Crippen LogP contribution in [0.3, 0.4) is 0 Å². The number of carbonyl (C=O) groups is 1. The van der Waals surface area contributed by atoms with Gasteiger partial charge in [-0.1, -0.05) is 19.1 Å². The molecule has 0 aliphatic carbocycles. The molecule has 1 rings (SSSR count). The second kappa shape index (κ2) is 6.33. The second-order valence-corrected chi connectivity index (χ2v) is 3.38. The Morgan fingerprint density at radius 1 is 1.53 bits per heavy atom. The molecule has 1 unspecified atom stereocenters. The number of nitrogens with zero attached hydrogens (tertiary/aromatic N) is 1. The summed E-state index contributed by atoms with van der Waals surface area (Å²) in [6.07, 6.45) is 2.74. The molecule has 4 nitrogen and oxygen atoms in total. The van der Waals surface area contributed by atoms with E-state index in [9.17, 15) is 4.79 Å². The summed E-state index contributed by atoms with van der Waals surface area (Å²) in [5.74, 6) is -0.383. The summed E-state index contributed by atoms with van der Waals surface area (Å²) in [6.45, 7) is 1.87. The third kappa shape index (κ3) is 4.39. The Balaban J connectivity index is 2.68. The number of carboxylic acid groups (broad SMARTS) is 1. The van der Waals surface area contributed by atoms with Gasteiger partial charge in [0.2, 0.25) is 0 Å². The highest BCUT2D eigenvalue weighted by molar-refractivity contribution is 5.85. The fourth-order valence-electron chi connectivity index (χ4n) is 1.19. The Labute approximate surface area is 99.8 Å². The molecule has 0 saturated heterocycles. The van der Waals surface area contributed by atoms with Crippen LogP contribution in [0.25, 0.3) is 6.08 Å². The van der Waals surface area contributed by atoms with Gasteiger partial charge in [0.05, 0.1) is 0 Å². The van der Waals surface area contributed by atoms with Gasteiger partial charge in [-0.15, -0.1) is 0 Å². The van der Waals surface area contributed by atoms with Crippen LogP contribution in [0.2, 0.25) is 0 Å². The monoisotopic (exact) mass is 231 g/mol. The van der Waals surface area contributed by atoms with E-state index in [4.69, 9.17) is 15.1 Å². The van der Waals surface area contributed by atoms with E-state index in [0.717, 1.165) is 11.6 Å².